The van der Waals surface area contributed by atoms with Crippen molar-refractivity contribution in [1.82, 2.24) is 16.2 Å². The minimum Gasteiger partial charge on any atom is -0.483 e. The fourth-order valence-corrected chi connectivity index (χ4v) is 4.32. The Labute approximate surface area is 205 Å². The molecular formula is C17H13Br4N3O4S. The summed E-state index contributed by atoms with van der Waals surface area (Å²) in [5.41, 5.74) is 4.75. The van der Waals surface area contributed by atoms with Crippen LogP contribution in [-0.2, 0) is 9.59 Å². The smallest absolute Gasteiger partial charge is 0.276 e. The zero-order chi connectivity index (χ0) is 21.4. The SMILES string of the molecule is O=C(COc1ccc(Br)cc1Br)NNC(=S)NC(=O)COc1ccc(Br)cc1Br. The Hall–Kier alpha value is -1.21. The molecule has 0 aliphatic heterocycles. The third-order valence-electron chi connectivity index (χ3n) is 3.07. The number of hydrogen-bond donors (Lipinski definition) is 3. The number of nitrogens with one attached hydrogen (secondary N) is 3. The first kappa shape index (κ1) is 24.1. The summed E-state index contributed by atoms with van der Waals surface area (Å²) in [6.45, 7) is -0.499. The molecule has 0 saturated heterocycles. The Morgan fingerprint density at radius 3 is 1.76 bits per heavy atom. The zero-order valence-corrected chi connectivity index (χ0v) is 21.6. The molecule has 7 nitrogen and oxygen atoms in total. The molecule has 2 amide bonds. The highest BCUT2D eigenvalue weighted by Gasteiger charge is 2.10. The van der Waals surface area contributed by atoms with Gasteiger partial charge in [-0.3, -0.25) is 25.8 Å². The molecule has 2 aromatic rings. The lowest BCUT2D eigenvalue weighted by atomic mass is 10.3. The second kappa shape index (κ2) is 11.8. The van der Waals surface area contributed by atoms with Crippen molar-refractivity contribution in [3.8, 4) is 11.5 Å². The highest BCUT2D eigenvalue weighted by Crippen LogP contribution is 2.28. The van der Waals surface area contributed by atoms with E-state index >= 15 is 0 Å². The minimum atomic E-state index is -0.485. The molecule has 0 unspecified atom stereocenters. The molecule has 0 spiro atoms. The number of hydrogen-bond acceptors (Lipinski definition) is 5. The summed E-state index contributed by atoms with van der Waals surface area (Å²) >= 11 is 18.3. The number of halogens is 4. The number of benzene rings is 2. The van der Waals surface area contributed by atoms with Crippen LogP contribution in [0.1, 0.15) is 0 Å². The molecule has 12 heteroatoms. The van der Waals surface area contributed by atoms with Crippen molar-refractivity contribution in [1.29, 1.82) is 0 Å². The van der Waals surface area contributed by atoms with E-state index in [0.29, 0.717) is 20.4 Å². The van der Waals surface area contributed by atoms with Crippen molar-refractivity contribution in [2.75, 3.05) is 13.2 Å². The van der Waals surface area contributed by atoms with Gasteiger partial charge in [-0.25, -0.2) is 0 Å². The molecule has 0 heterocycles. The normalized spacial score (nSPS) is 10.1. The van der Waals surface area contributed by atoms with Crippen molar-refractivity contribution in [3.05, 3.63) is 54.3 Å². The third kappa shape index (κ3) is 8.59. The fourth-order valence-electron chi connectivity index (χ4n) is 1.83. The summed E-state index contributed by atoms with van der Waals surface area (Å²) in [5, 5.41) is 2.31. The second-order valence-corrected chi connectivity index (χ2v) is 9.23. The molecular weight excluding hydrogens is 662 g/mol. The number of rotatable bonds is 6. The molecule has 0 fully saturated rings. The number of carbonyl (C=O) groups is 2. The molecule has 2 aromatic carbocycles. The lowest BCUT2D eigenvalue weighted by molar-refractivity contribution is -0.124. The van der Waals surface area contributed by atoms with Gasteiger partial charge in [0.1, 0.15) is 11.5 Å². The summed E-state index contributed by atoms with van der Waals surface area (Å²) in [7, 11) is 0. The molecule has 0 saturated carbocycles. The van der Waals surface area contributed by atoms with Crippen LogP contribution in [-0.4, -0.2) is 30.1 Å². The molecule has 0 radical (unpaired) electrons. The molecule has 0 bridgehead atoms. The summed E-state index contributed by atoms with van der Waals surface area (Å²) in [6.07, 6.45) is 0. The van der Waals surface area contributed by atoms with Gasteiger partial charge >= 0.3 is 0 Å². The lowest BCUT2D eigenvalue weighted by Gasteiger charge is -2.12. The first-order chi connectivity index (χ1) is 13.7. The van der Waals surface area contributed by atoms with E-state index in [9.17, 15) is 9.59 Å². The van der Waals surface area contributed by atoms with Crippen LogP contribution in [0.3, 0.4) is 0 Å². The molecule has 0 atom stereocenters. The zero-order valence-electron chi connectivity index (χ0n) is 14.4. The summed E-state index contributed by atoms with van der Waals surface area (Å²) in [6, 6.07) is 10.6. The summed E-state index contributed by atoms with van der Waals surface area (Å²) < 4.78 is 14.0. The van der Waals surface area contributed by atoms with Crippen LogP contribution in [0.2, 0.25) is 0 Å². The van der Waals surface area contributed by atoms with Gasteiger partial charge in [-0.1, -0.05) is 31.9 Å². The Morgan fingerprint density at radius 1 is 0.793 bits per heavy atom. The lowest BCUT2D eigenvalue weighted by Crippen LogP contribution is -2.50. The van der Waals surface area contributed by atoms with Crippen molar-refractivity contribution in [2.45, 2.75) is 0 Å². The third-order valence-corrected chi connectivity index (χ3v) is 5.50. The van der Waals surface area contributed by atoms with Crippen molar-refractivity contribution in [2.24, 2.45) is 0 Å². The Bertz CT molecular complexity index is 930. The summed E-state index contributed by atoms with van der Waals surface area (Å²) in [4.78, 5) is 23.7. The summed E-state index contributed by atoms with van der Waals surface area (Å²) in [5.74, 6) is 0.0512. The van der Waals surface area contributed by atoms with Crippen LogP contribution in [0.15, 0.2) is 54.3 Å². The molecule has 0 aromatic heterocycles. The van der Waals surface area contributed by atoms with Gasteiger partial charge in [-0.05, 0) is 80.5 Å². The van der Waals surface area contributed by atoms with Crippen molar-refractivity contribution >= 4 is 92.9 Å². The highest BCUT2D eigenvalue weighted by molar-refractivity contribution is 9.11. The average molecular weight is 675 g/mol. The maximum atomic E-state index is 11.9. The predicted octanol–water partition coefficient (Wildman–Crippen LogP) is 4.22. The fraction of sp³-hybridized carbons (Fsp3) is 0.118. The molecule has 3 N–H and O–H groups in total. The van der Waals surface area contributed by atoms with Crippen LogP contribution < -0.4 is 25.6 Å². The van der Waals surface area contributed by atoms with E-state index in [-0.39, 0.29) is 18.3 Å². The molecule has 29 heavy (non-hydrogen) atoms. The van der Waals surface area contributed by atoms with E-state index < -0.39 is 11.8 Å². The number of amides is 2. The standard InChI is InChI=1S/C17H13Br4N3O4S/c18-9-1-3-13(11(20)5-9)27-7-15(25)22-17(29)24-23-16(26)8-28-14-4-2-10(19)6-12(14)21/h1-6H,7-8H2,(H,23,26)(H2,22,24,25,29). The van der Waals surface area contributed by atoms with E-state index in [2.05, 4.69) is 79.9 Å². The van der Waals surface area contributed by atoms with E-state index in [4.69, 9.17) is 21.7 Å². The number of carbonyl (C=O) groups excluding carboxylic acids is 2. The number of thiocarbonyl (C=S) groups is 1. The van der Waals surface area contributed by atoms with Crippen LogP contribution in [0, 0.1) is 0 Å². The van der Waals surface area contributed by atoms with Gasteiger partial charge in [-0.15, -0.1) is 0 Å². The molecule has 0 aliphatic rings. The maximum absolute atomic E-state index is 11.9. The van der Waals surface area contributed by atoms with Gasteiger partial charge in [0.25, 0.3) is 11.8 Å². The van der Waals surface area contributed by atoms with Gasteiger partial charge in [0.05, 0.1) is 8.95 Å². The van der Waals surface area contributed by atoms with E-state index in [0.717, 1.165) is 8.95 Å². The second-order valence-electron chi connectivity index (χ2n) is 5.28. The molecule has 2 rings (SSSR count). The number of hydrazine groups is 1. The molecule has 0 aliphatic carbocycles. The van der Waals surface area contributed by atoms with Crippen LogP contribution in [0.4, 0.5) is 0 Å². The van der Waals surface area contributed by atoms with E-state index in [1.54, 1.807) is 36.4 Å². The average Bonchev–Trinajstić information content (AvgIpc) is 2.65. The first-order valence-electron chi connectivity index (χ1n) is 7.79. The Morgan fingerprint density at radius 2 is 1.28 bits per heavy atom. The first-order valence-corrected chi connectivity index (χ1v) is 11.4. The maximum Gasteiger partial charge on any atom is 0.276 e. The van der Waals surface area contributed by atoms with E-state index in [1.807, 2.05) is 0 Å². The number of ether oxygens (including phenoxy) is 2. The Kier molecular flexibility index (Phi) is 9.83. The Balaban J connectivity index is 1.68. The van der Waals surface area contributed by atoms with Crippen LogP contribution in [0.25, 0.3) is 0 Å². The van der Waals surface area contributed by atoms with Gasteiger partial charge in [-0.2, -0.15) is 0 Å². The largest absolute Gasteiger partial charge is 0.483 e. The van der Waals surface area contributed by atoms with Gasteiger partial charge < -0.3 is 9.47 Å². The molecule has 154 valence electrons. The predicted molar refractivity (Wildman–Crippen MR) is 127 cm³/mol. The van der Waals surface area contributed by atoms with Crippen LogP contribution in [0.5, 0.6) is 11.5 Å². The van der Waals surface area contributed by atoms with Gasteiger partial charge in [0, 0.05) is 8.95 Å². The van der Waals surface area contributed by atoms with Gasteiger partial charge in [0.2, 0.25) is 0 Å². The van der Waals surface area contributed by atoms with Crippen molar-refractivity contribution in [3.63, 3.8) is 0 Å². The van der Waals surface area contributed by atoms with Crippen LogP contribution >= 0.6 is 75.9 Å². The monoisotopic (exact) mass is 671 g/mol. The minimum absolute atomic E-state index is 0.0772. The highest BCUT2D eigenvalue weighted by atomic mass is 79.9. The quantitative estimate of drug-likeness (QED) is 0.315. The van der Waals surface area contributed by atoms with E-state index in [1.165, 1.54) is 0 Å². The van der Waals surface area contributed by atoms with Gasteiger partial charge in [0.15, 0.2) is 18.3 Å². The van der Waals surface area contributed by atoms with Crippen molar-refractivity contribution < 1.29 is 19.1 Å². The topological polar surface area (TPSA) is 88.7 Å².